The molecule has 0 fully saturated rings. The molecule has 0 saturated carbocycles. The van der Waals surface area contributed by atoms with Crippen LogP contribution in [0.5, 0.6) is 5.75 Å². The molecular formula is C15H18N2OS. The summed E-state index contributed by atoms with van der Waals surface area (Å²) in [6.45, 7) is 6.74. The second kappa shape index (κ2) is 5.97. The third-order valence-electron chi connectivity index (χ3n) is 3.03. The Bertz CT molecular complexity index is 634. The molecule has 3 nitrogen and oxygen atoms in total. The molecule has 2 aromatic rings. The van der Waals surface area contributed by atoms with E-state index in [-0.39, 0.29) is 0 Å². The zero-order chi connectivity index (χ0) is 13.8. The molecule has 1 N–H and O–H groups in total. The molecule has 0 aliphatic heterocycles. The van der Waals surface area contributed by atoms with Gasteiger partial charge in [0.25, 0.3) is 0 Å². The van der Waals surface area contributed by atoms with Crippen LogP contribution in [0.4, 0.5) is 0 Å². The molecule has 0 saturated heterocycles. The first-order valence-corrected chi connectivity index (χ1v) is 6.89. The zero-order valence-corrected chi connectivity index (χ0v) is 12.3. The maximum absolute atomic E-state index is 5.51. The number of aromatic nitrogens is 2. The van der Waals surface area contributed by atoms with Gasteiger partial charge >= 0.3 is 0 Å². The summed E-state index contributed by atoms with van der Waals surface area (Å²) in [5.41, 5.74) is 3.19. The van der Waals surface area contributed by atoms with Crippen molar-refractivity contribution in [3.63, 3.8) is 0 Å². The predicted octanol–water partition coefficient (Wildman–Crippen LogP) is 4.08. The van der Waals surface area contributed by atoms with E-state index in [1.54, 1.807) is 0 Å². The number of aryl methyl sites for hydroxylation is 1. The van der Waals surface area contributed by atoms with Crippen LogP contribution < -0.4 is 4.74 Å². The molecule has 0 atom stereocenters. The van der Waals surface area contributed by atoms with E-state index in [1.807, 2.05) is 38.1 Å². The predicted molar refractivity (Wildman–Crippen MR) is 80.1 cm³/mol. The summed E-state index contributed by atoms with van der Waals surface area (Å²) in [6.07, 6.45) is 0.913. The number of aromatic amines is 1. The summed E-state index contributed by atoms with van der Waals surface area (Å²) in [5.74, 6) is 1.65. The molecule has 1 aromatic heterocycles. The van der Waals surface area contributed by atoms with Gasteiger partial charge in [0.15, 0.2) is 0 Å². The monoisotopic (exact) mass is 274 g/mol. The number of ether oxygens (including phenoxy) is 1. The molecule has 100 valence electrons. The summed E-state index contributed by atoms with van der Waals surface area (Å²) in [7, 11) is 0. The van der Waals surface area contributed by atoms with Crippen molar-refractivity contribution in [2.24, 2.45) is 0 Å². The minimum absolute atomic E-state index is 0.654. The van der Waals surface area contributed by atoms with Crippen LogP contribution in [-0.4, -0.2) is 16.6 Å². The molecule has 1 aromatic carbocycles. The van der Waals surface area contributed by atoms with E-state index in [1.165, 1.54) is 0 Å². The highest BCUT2D eigenvalue weighted by molar-refractivity contribution is 7.71. The summed E-state index contributed by atoms with van der Waals surface area (Å²) in [6, 6.07) is 7.89. The van der Waals surface area contributed by atoms with Crippen molar-refractivity contribution in [1.82, 2.24) is 9.97 Å². The lowest BCUT2D eigenvalue weighted by Crippen LogP contribution is -1.99. The Morgan fingerprint density at radius 2 is 2.11 bits per heavy atom. The van der Waals surface area contributed by atoms with Crippen molar-refractivity contribution < 1.29 is 4.74 Å². The van der Waals surface area contributed by atoms with E-state index in [9.17, 15) is 0 Å². The van der Waals surface area contributed by atoms with E-state index in [4.69, 9.17) is 17.0 Å². The number of rotatable bonds is 4. The Kier molecular flexibility index (Phi) is 4.32. The number of nitrogens with one attached hydrogen (secondary N) is 1. The fourth-order valence-corrected chi connectivity index (χ4v) is 2.18. The van der Waals surface area contributed by atoms with Crippen LogP contribution in [0.2, 0.25) is 0 Å². The first kappa shape index (κ1) is 13.7. The summed E-state index contributed by atoms with van der Waals surface area (Å²) < 4.78 is 6.17. The highest BCUT2D eigenvalue weighted by atomic mass is 32.1. The van der Waals surface area contributed by atoms with Crippen LogP contribution in [-0.2, 0) is 6.42 Å². The van der Waals surface area contributed by atoms with Crippen LogP contribution in [0, 0.1) is 11.6 Å². The van der Waals surface area contributed by atoms with Gasteiger partial charge in [0, 0.05) is 16.8 Å². The van der Waals surface area contributed by atoms with Gasteiger partial charge in [0.2, 0.25) is 0 Å². The molecule has 0 radical (unpaired) electrons. The Labute approximate surface area is 118 Å². The fourth-order valence-electron chi connectivity index (χ4n) is 1.97. The van der Waals surface area contributed by atoms with Gasteiger partial charge in [0.1, 0.15) is 16.2 Å². The summed E-state index contributed by atoms with van der Waals surface area (Å²) in [4.78, 5) is 7.81. The lowest BCUT2D eigenvalue weighted by Gasteiger charge is -2.09. The van der Waals surface area contributed by atoms with Crippen molar-refractivity contribution in [3.8, 4) is 17.1 Å². The van der Waals surface area contributed by atoms with Crippen LogP contribution in [0.1, 0.15) is 25.1 Å². The van der Waals surface area contributed by atoms with Gasteiger partial charge in [-0.3, -0.25) is 0 Å². The smallest absolute Gasteiger partial charge is 0.139 e. The number of H-pyrrole nitrogens is 1. The first-order valence-electron chi connectivity index (χ1n) is 6.48. The molecule has 19 heavy (non-hydrogen) atoms. The molecule has 0 spiro atoms. The Morgan fingerprint density at radius 1 is 1.32 bits per heavy atom. The average Bonchev–Trinajstić information content (AvgIpc) is 2.42. The van der Waals surface area contributed by atoms with E-state index in [0.717, 1.165) is 34.8 Å². The Hall–Kier alpha value is -1.68. The lowest BCUT2D eigenvalue weighted by atomic mass is 10.1. The highest BCUT2D eigenvalue weighted by Gasteiger charge is 2.06. The summed E-state index contributed by atoms with van der Waals surface area (Å²) >= 11 is 5.32. The molecule has 0 aliphatic rings. The standard InChI is InChI=1S/C15H18N2OS/c1-4-13-10(3)15(19)17-14(16-13)11-7-6-8-12(9-11)18-5-2/h6-9H,4-5H2,1-3H3,(H,16,17,19). The van der Waals surface area contributed by atoms with Crippen molar-refractivity contribution in [2.45, 2.75) is 27.2 Å². The van der Waals surface area contributed by atoms with E-state index >= 15 is 0 Å². The van der Waals surface area contributed by atoms with Gasteiger partial charge in [-0.2, -0.15) is 0 Å². The summed E-state index contributed by atoms with van der Waals surface area (Å²) in [5, 5.41) is 0. The van der Waals surface area contributed by atoms with E-state index < -0.39 is 0 Å². The largest absolute Gasteiger partial charge is 0.494 e. The van der Waals surface area contributed by atoms with Crippen molar-refractivity contribution >= 4 is 12.2 Å². The molecule has 0 amide bonds. The molecule has 2 rings (SSSR count). The second-order valence-corrected chi connectivity index (χ2v) is 4.70. The van der Waals surface area contributed by atoms with Crippen molar-refractivity contribution in [3.05, 3.63) is 40.2 Å². The van der Waals surface area contributed by atoms with Gasteiger partial charge in [0.05, 0.1) is 6.61 Å². The normalized spacial score (nSPS) is 10.5. The minimum atomic E-state index is 0.654. The maximum atomic E-state index is 5.51. The van der Waals surface area contributed by atoms with Crippen LogP contribution in [0.15, 0.2) is 24.3 Å². The maximum Gasteiger partial charge on any atom is 0.139 e. The van der Waals surface area contributed by atoms with E-state index in [0.29, 0.717) is 11.2 Å². The number of benzene rings is 1. The van der Waals surface area contributed by atoms with Gasteiger partial charge < -0.3 is 9.72 Å². The second-order valence-electron chi connectivity index (χ2n) is 4.31. The fraction of sp³-hybridized carbons (Fsp3) is 0.333. The quantitative estimate of drug-likeness (QED) is 0.854. The molecule has 1 heterocycles. The van der Waals surface area contributed by atoms with Gasteiger partial charge in [-0.05, 0) is 32.4 Å². The third-order valence-corrected chi connectivity index (χ3v) is 3.43. The minimum Gasteiger partial charge on any atom is -0.494 e. The highest BCUT2D eigenvalue weighted by Crippen LogP contribution is 2.22. The van der Waals surface area contributed by atoms with Crippen molar-refractivity contribution in [2.75, 3.05) is 6.61 Å². The van der Waals surface area contributed by atoms with Gasteiger partial charge in [-0.1, -0.05) is 31.3 Å². The Balaban J connectivity index is 2.49. The molecule has 0 unspecified atom stereocenters. The number of hydrogen-bond acceptors (Lipinski definition) is 3. The number of nitrogens with zero attached hydrogens (tertiary/aromatic N) is 1. The molecule has 4 heteroatoms. The molecule has 0 aliphatic carbocycles. The van der Waals surface area contributed by atoms with Gasteiger partial charge in [-0.15, -0.1) is 0 Å². The third kappa shape index (κ3) is 3.01. The van der Waals surface area contributed by atoms with Crippen LogP contribution >= 0.6 is 12.2 Å². The van der Waals surface area contributed by atoms with Crippen LogP contribution in [0.25, 0.3) is 11.4 Å². The SMILES string of the molecule is CCOc1cccc(-c2nc(=S)c(C)c(CC)[nH]2)c1. The number of hydrogen-bond donors (Lipinski definition) is 1. The molecule has 0 bridgehead atoms. The van der Waals surface area contributed by atoms with Crippen LogP contribution in [0.3, 0.4) is 0 Å². The molecular weight excluding hydrogens is 256 g/mol. The zero-order valence-electron chi connectivity index (χ0n) is 11.5. The Morgan fingerprint density at radius 3 is 2.79 bits per heavy atom. The first-order chi connectivity index (χ1) is 9.15. The topological polar surface area (TPSA) is 37.9 Å². The van der Waals surface area contributed by atoms with Gasteiger partial charge in [-0.25, -0.2) is 4.98 Å². The van der Waals surface area contributed by atoms with Crippen molar-refractivity contribution in [1.29, 1.82) is 0 Å². The lowest BCUT2D eigenvalue weighted by molar-refractivity contribution is 0.340. The van der Waals surface area contributed by atoms with E-state index in [2.05, 4.69) is 16.9 Å². The average molecular weight is 274 g/mol.